The predicted molar refractivity (Wildman–Crippen MR) is 75.8 cm³/mol. The summed E-state index contributed by atoms with van der Waals surface area (Å²) in [6, 6.07) is 0.985. The van der Waals surface area contributed by atoms with Gasteiger partial charge in [-0.25, -0.2) is 0 Å². The Morgan fingerprint density at radius 2 is 2.00 bits per heavy atom. The number of hydrogen-bond donors (Lipinski definition) is 1. The second-order valence-electron chi connectivity index (χ2n) is 4.86. The third-order valence-corrected chi connectivity index (χ3v) is 2.98. The molecule has 1 saturated carbocycles. The van der Waals surface area contributed by atoms with Crippen molar-refractivity contribution in [2.24, 2.45) is 0 Å². The number of hydrogen-bond acceptors (Lipinski definition) is 6. The van der Waals surface area contributed by atoms with Crippen LogP contribution < -0.4 is 15.0 Å². The summed E-state index contributed by atoms with van der Waals surface area (Å²) in [7, 11) is 2.03. The number of rotatable bonds is 8. The molecule has 19 heavy (non-hydrogen) atoms. The lowest BCUT2D eigenvalue weighted by molar-refractivity contribution is 0.292. The monoisotopic (exact) mass is 265 g/mol. The zero-order valence-electron chi connectivity index (χ0n) is 12.0. The van der Waals surface area contributed by atoms with Gasteiger partial charge in [-0.2, -0.15) is 15.0 Å². The summed E-state index contributed by atoms with van der Waals surface area (Å²) in [5, 5.41) is 3.20. The van der Waals surface area contributed by atoms with Gasteiger partial charge in [-0.1, -0.05) is 13.8 Å². The van der Waals surface area contributed by atoms with Crippen LogP contribution in [0.5, 0.6) is 6.01 Å². The predicted octanol–water partition coefficient (Wildman–Crippen LogP) is 2.08. The molecule has 0 spiro atoms. The summed E-state index contributed by atoms with van der Waals surface area (Å²) >= 11 is 0. The molecule has 0 bridgehead atoms. The number of aromatic nitrogens is 3. The summed E-state index contributed by atoms with van der Waals surface area (Å²) in [5.41, 5.74) is 0. The van der Waals surface area contributed by atoms with Gasteiger partial charge in [0, 0.05) is 19.6 Å². The van der Waals surface area contributed by atoms with Crippen LogP contribution in [0, 0.1) is 0 Å². The number of nitrogens with zero attached hydrogens (tertiary/aromatic N) is 4. The first-order valence-electron chi connectivity index (χ1n) is 7.10. The summed E-state index contributed by atoms with van der Waals surface area (Å²) in [4.78, 5) is 15.2. The standard InChI is InChI=1S/C13H23N5O/c1-4-8-14-11-15-12(18(3)10-6-7-10)17-13(16-11)19-9-5-2/h10H,4-9H2,1-3H3,(H,14,15,16,17). The molecule has 1 fully saturated rings. The molecule has 1 aromatic rings. The van der Waals surface area contributed by atoms with E-state index in [1.165, 1.54) is 12.8 Å². The SMILES string of the molecule is CCCNc1nc(OCCC)nc(N(C)C2CC2)n1. The minimum Gasteiger partial charge on any atom is -0.463 e. The fourth-order valence-corrected chi connectivity index (χ4v) is 1.70. The zero-order valence-corrected chi connectivity index (χ0v) is 12.0. The van der Waals surface area contributed by atoms with Crippen LogP contribution in [0.3, 0.4) is 0 Å². The van der Waals surface area contributed by atoms with E-state index in [9.17, 15) is 0 Å². The smallest absolute Gasteiger partial charge is 0.323 e. The molecule has 0 radical (unpaired) electrons. The summed E-state index contributed by atoms with van der Waals surface area (Å²) in [6.07, 6.45) is 4.40. The van der Waals surface area contributed by atoms with E-state index >= 15 is 0 Å². The Morgan fingerprint density at radius 1 is 1.21 bits per heavy atom. The van der Waals surface area contributed by atoms with Crippen LogP contribution in [0.4, 0.5) is 11.9 Å². The van der Waals surface area contributed by atoms with Crippen LogP contribution in [0.1, 0.15) is 39.5 Å². The lowest BCUT2D eigenvalue weighted by atomic mass is 10.5. The maximum Gasteiger partial charge on any atom is 0.323 e. The van der Waals surface area contributed by atoms with Gasteiger partial charge in [0.25, 0.3) is 0 Å². The first-order chi connectivity index (χ1) is 9.24. The van der Waals surface area contributed by atoms with Gasteiger partial charge in [-0.15, -0.1) is 0 Å². The molecular weight excluding hydrogens is 242 g/mol. The van der Waals surface area contributed by atoms with E-state index in [0.29, 0.717) is 30.6 Å². The van der Waals surface area contributed by atoms with Gasteiger partial charge in [0.15, 0.2) is 0 Å². The molecule has 6 nitrogen and oxygen atoms in total. The molecule has 106 valence electrons. The molecule has 2 rings (SSSR count). The van der Waals surface area contributed by atoms with Crippen molar-refractivity contribution in [1.29, 1.82) is 0 Å². The molecule has 1 aromatic heterocycles. The number of anilines is 2. The average molecular weight is 265 g/mol. The van der Waals surface area contributed by atoms with Crippen LogP contribution >= 0.6 is 0 Å². The van der Waals surface area contributed by atoms with Gasteiger partial charge >= 0.3 is 6.01 Å². The van der Waals surface area contributed by atoms with E-state index in [0.717, 1.165) is 19.4 Å². The molecule has 1 aliphatic carbocycles. The number of nitrogens with one attached hydrogen (secondary N) is 1. The summed E-state index contributed by atoms with van der Waals surface area (Å²) in [6.45, 7) is 5.65. The normalized spacial score (nSPS) is 14.3. The van der Waals surface area contributed by atoms with E-state index in [4.69, 9.17) is 4.74 Å². The maximum atomic E-state index is 5.54. The molecule has 1 heterocycles. The van der Waals surface area contributed by atoms with Crippen molar-refractivity contribution in [1.82, 2.24) is 15.0 Å². The first kappa shape index (κ1) is 13.8. The van der Waals surface area contributed by atoms with Gasteiger partial charge in [0.2, 0.25) is 11.9 Å². The van der Waals surface area contributed by atoms with Crippen LogP contribution in [0.2, 0.25) is 0 Å². The van der Waals surface area contributed by atoms with E-state index < -0.39 is 0 Å². The molecule has 1 N–H and O–H groups in total. The van der Waals surface area contributed by atoms with E-state index in [1.54, 1.807) is 0 Å². The zero-order chi connectivity index (χ0) is 13.7. The Morgan fingerprint density at radius 3 is 2.63 bits per heavy atom. The van der Waals surface area contributed by atoms with Crippen LogP contribution in [-0.4, -0.2) is 41.2 Å². The third kappa shape index (κ3) is 3.94. The largest absolute Gasteiger partial charge is 0.463 e. The molecule has 0 atom stereocenters. The van der Waals surface area contributed by atoms with Crippen molar-refractivity contribution in [2.75, 3.05) is 30.4 Å². The molecule has 0 amide bonds. The molecular formula is C13H23N5O. The Labute approximate surface area is 114 Å². The van der Waals surface area contributed by atoms with Crippen molar-refractivity contribution in [3.05, 3.63) is 0 Å². The quantitative estimate of drug-likeness (QED) is 0.776. The molecule has 0 saturated heterocycles. The minimum atomic E-state index is 0.415. The summed E-state index contributed by atoms with van der Waals surface area (Å²) < 4.78 is 5.54. The third-order valence-electron chi connectivity index (χ3n) is 2.98. The molecule has 6 heteroatoms. The van der Waals surface area contributed by atoms with Crippen molar-refractivity contribution in [3.8, 4) is 6.01 Å². The molecule has 1 aliphatic rings. The Hall–Kier alpha value is -1.59. The highest BCUT2D eigenvalue weighted by Crippen LogP contribution is 2.29. The fourth-order valence-electron chi connectivity index (χ4n) is 1.70. The Bertz CT molecular complexity index is 382. The molecule has 0 aromatic carbocycles. The van der Waals surface area contributed by atoms with Crippen molar-refractivity contribution in [3.63, 3.8) is 0 Å². The van der Waals surface area contributed by atoms with Gasteiger partial charge in [-0.3, -0.25) is 0 Å². The lowest BCUT2D eigenvalue weighted by Crippen LogP contribution is -2.23. The Balaban J connectivity index is 2.14. The van der Waals surface area contributed by atoms with E-state index in [-0.39, 0.29) is 0 Å². The highest BCUT2D eigenvalue weighted by atomic mass is 16.5. The lowest BCUT2D eigenvalue weighted by Gasteiger charge is -2.17. The molecule has 0 aliphatic heterocycles. The topological polar surface area (TPSA) is 63.2 Å². The second-order valence-corrected chi connectivity index (χ2v) is 4.86. The van der Waals surface area contributed by atoms with Gasteiger partial charge in [0.05, 0.1) is 6.61 Å². The van der Waals surface area contributed by atoms with Gasteiger partial charge in [0.1, 0.15) is 0 Å². The van der Waals surface area contributed by atoms with Crippen molar-refractivity contribution >= 4 is 11.9 Å². The van der Waals surface area contributed by atoms with Gasteiger partial charge in [-0.05, 0) is 25.7 Å². The highest BCUT2D eigenvalue weighted by Gasteiger charge is 2.28. The first-order valence-corrected chi connectivity index (χ1v) is 7.10. The Kier molecular flexibility index (Phi) is 4.76. The average Bonchev–Trinajstić information content (AvgIpc) is 3.26. The van der Waals surface area contributed by atoms with Crippen LogP contribution in [0.25, 0.3) is 0 Å². The van der Waals surface area contributed by atoms with E-state index in [1.807, 2.05) is 7.05 Å². The van der Waals surface area contributed by atoms with Gasteiger partial charge < -0.3 is 15.0 Å². The number of ether oxygens (including phenoxy) is 1. The van der Waals surface area contributed by atoms with Crippen molar-refractivity contribution in [2.45, 2.75) is 45.6 Å². The second kappa shape index (κ2) is 6.54. The van der Waals surface area contributed by atoms with Crippen LogP contribution in [-0.2, 0) is 0 Å². The van der Waals surface area contributed by atoms with Crippen molar-refractivity contribution < 1.29 is 4.74 Å². The van der Waals surface area contributed by atoms with E-state index in [2.05, 4.69) is 39.0 Å². The highest BCUT2D eigenvalue weighted by molar-refractivity contribution is 5.39. The maximum absolute atomic E-state index is 5.54. The summed E-state index contributed by atoms with van der Waals surface area (Å²) in [5.74, 6) is 1.30. The minimum absolute atomic E-state index is 0.415. The fraction of sp³-hybridized carbons (Fsp3) is 0.769. The molecule has 0 unspecified atom stereocenters. The van der Waals surface area contributed by atoms with Crippen LogP contribution in [0.15, 0.2) is 0 Å².